The van der Waals surface area contributed by atoms with Crippen molar-refractivity contribution in [3.8, 4) is 12.3 Å². The molecule has 0 bridgehead atoms. The predicted molar refractivity (Wildman–Crippen MR) is 68.0 cm³/mol. The topological polar surface area (TPSA) is 55.4 Å². The lowest BCUT2D eigenvalue weighted by Crippen LogP contribution is -2.29. The minimum absolute atomic E-state index is 0.125. The summed E-state index contributed by atoms with van der Waals surface area (Å²) < 4.78 is 4.88. The smallest absolute Gasteiger partial charge is 0.338 e. The average molecular weight is 245 g/mol. The van der Waals surface area contributed by atoms with Crippen LogP contribution < -0.4 is 5.32 Å². The van der Waals surface area contributed by atoms with E-state index in [1.807, 2.05) is 19.9 Å². The average Bonchev–Trinajstić information content (AvgIpc) is 2.32. The molecule has 1 rings (SSSR count). The van der Waals surface area contributed by atoms with Crippen LogP contribution in [0.4, 0.5) is 0 Å². The van der Waals surface area contributed by atoms with Crippen molar-refractivity contribution in [2.24, 2.45) is 0 Å². The number of amides is 1. The van der Waals surface area contributed by atoms with Crippen LogP contribution in [0.3, 0.4) is 0 Å². The molecule has 0 aliphatic heterocycles. The van der Waals surface area contributed by atoms with Gasteiger partial charge in [-0.15, -0.1) is 6.42 Å². The molecule has 0 spiro atoms. The first-order valence-corrected chi connectivity index (χ1v) is 5.48. The summed E-state index contributed by atoms with van der Waals surface area (Å²) in [5, 5.41) is 2.41. The molecule has 0 radical (unpaired) electrons. The molecule has 0 saturated heterocycles. The third-order valence-corrected chi connectivity index (χ3v) is 2.18. The molecule has 0 aliphatic carbocycles. The fourth-order valence-electron chi connectivity index (χ4n) is 1.51. The van der Waals surface area contributed by atoms with E-state index in [2.05, 4.69) is 11.2 Å². The van der Waals surface area contributed by atoms with Crippen LogP contribution in [0.5, 0.6) is 0 Å². The normalized spacial score (nSPS) is 9.39. The molecule has 1 aromatic rings. The van der Waals surface area contributed by atoms with E-state index in [0.717, 1.165) is 11.1 Å². The van der Waals surface area contributed by atoms with Gasteiger partial charge < -0.3 is 10.1 Å². The molecule has 18 heavy (non-hydrogen) atoms. The zero-order valence-electron chi connectivity index (χ0n) is 10.4. The van der Waals surface area contributed by atoms with Crippen molar-refractivity contribution in [1.82, 2.24) is 5.32 Å². The van der Waals surface area contributed by atoms with Crippen LogP contribution in [0.1, 0.15) is 21.5 Å². The fraction of sp³-hybridized carbons (Fsp3) is 0.286. The van der Waals surface area contributed by atoms with Crippen LogP contribution in [0.25, 0.3) is 0 Å². The number of terminal acetylenes is 1. The van der Waals surface area contributed by atoms with E-state index in [0.29, 0.717) is 5.56 Å². The molecule has 4 heteroatoms. The Labute approximate surface area is 106 Å². The highest BCUT2D eigenvalue weighted by Crippen LogP contribution is 2.09. The zero-order chi connectivity index (χ0) is 13.5. The molecule has 4 nitrogen and oxygen atoms in total. The van der Waals surface area contributed by atoms with Gasteiger partial charge in [0.2, 0.25) is 0 Å². The molecule has 1 amide bonds. The molecule has 0 unspecified atom stereocenters. The summed E-state index contributed by atoms with van der Waals surface area (Å²) in [6.45, 7) is 3.58. The van der Waals surface area contributed by atoms with Gasteiger partial charge in [-0.05, 0) is 26.0 Å². The minimum Gasteiger partial charge on any atom is -0.452 e. The summed E-state index contributed by atoms with van der Waals surface area (Å²) in [5.41, 5.74) is 2.38. The molecule has 94 valence electrons. The number of ether oxygens (including phenoxy) is 1. The van der Waals surface area contributed by atoms with E-state index in [1.54, 1.807) is 12.1 Å². The summed E-state index contributed by atoms with van der Waals surface area (Å²) in [6, 6.07) is 5.39. The van der Waals surface area contributed by atoms with Crippen molar-refractivity contribution in [2.75, 3.05) is 13.2 Å². The van der Waals surface area contributed by atoms with Gasteiger partial charge in [0.25, 0.3) is 5.91 Å². The number of hydrogen-bond donors (Lipinski definition) is 1. The quantitative estimate of drug-likeness (QED) is 0.640. The Morgan fingerprint density at radius 2 is 1.89 bits per heavy atom. The van der Waals surface area contributed by atoms with Gasteiger partial charge in [0.1, 0.15) is 0 Å². The maximum atomic E-state index is 11.7. The molecular weight excluding hydrogens is 230 g/mol. The SMILES string of the molecule is C#CCNC(=O)COC(=O)c1cc(C)cc(C)c1. The highest BCUT2D eigenvalue weighted by Gasteiger charge is 2.10. The summed E-state index contributed by atoms with van der Waals surface area (Å²) in [7, 11) is 0. The van der Waals surface area contributed by atoms with Crippen LogP contribution in [-0.4, -0.2) is 25.0 Å². The number of benzene rings is 1. The first-order chi connectivity index (χ1) is 8.52. The largest absolute Gasteiger partial charge is 0.452 e. The molecule has 0 saturated carbocycles. The minimum atomic E-state index is -0.516. The Morgan fingerprint density at radius 1 is 1.28 bits per heavy atom. The summed E-state index contributed by atoms with van der Waals surface area (Å²) >= 11 is 0. The lowest BCUT2D eigenvalue weighted by atomic mass is 10.1. The van der Waals surface area contributed by atoms with Gasteiger partial charge in [-0.25, -0.2) is 4.79 Å². The van der Waals surface area contributed by atoms with Gasteiger partial charge in [-0.3, -0.25) is 4.79 Å². The first kappa shape index (κ1) is 13.8. The third-order valence-electron chi connectivity index (χ3n) is 2.18. The van der Waals surface area contributed by atoms with Gasteiger partial charge in [0.05, 0.1) is 12.1 Å². The second-order valence-corrected chi connectivity index (χ2v) is 3.93. The van der Waals surface area contributed by atoms with Crippen molar-refractivity contribution in [1.29, 1.82) is 0 Å². The van der Waals surface area contributed by atoms with Gasteiger partial charge in [-0.1, -0.05) is 23.1 Å². The highest BCUT2D eigenvalue weighted by molar-refractivity contribution is 5.91. The maximum absolute atomic E-state index is 11.7. The highest BCUT2D eigenvalue weighted by atomic mass is 16.5. The standard InChI is InChI=1S/C14H15NO3/c1-4-5-15-13(16)9-18-14(17)12-7-10(2)6-11(3)8-12/h1,6-8H,5,9H2,2-3H3,(H,15,16). The van der Waals surface area contributed by atoms with E-state index >= 15 is 0 Å². The number of carbonyl (C=O) groups excluding carboxylic acids is 2. The van der Waals surface area contributed by atoms with Crippen molar-refractivity contribution in [3.63, 3.8) is 0 Å². The molecule has 0 fully saturated rings. The molecule has 0 aliphatic rings. The van der Waals surface area contributed by atoms with Crippen LogP contribution >= 0.6 is 0 Å². The predicted octanol–water partition coefficient (Wildman–Crippen LogP) is 1.21. The van der Waals surface area contributed by atoms with Crippen LogP contribution in [0.2, 0.25) is 0 Å². The lowest BCUT2D eigenvalue weighted by molar-refractivity contribution is -0.123. The monoisotopic (exact) mass is 245 g/mol. The maximum Gasteiger partial charge on any atom is 0.338 e. The van der Waals surface area contributed by atoms with Gasteiger partial charge in [0, 0.05) is 0 Å². The Hall–Kier alpha value is -2.28. The van der Waals surface area contributed by atoms with Gasteiger partial charge >= 0.3 is 5.97 Å². The molecule has 0 aromatic heterocycles. The lowest BCUT2D eigenvalue weighted by Gasteiger charge is -2.06. The third kappa shape index (κ3) is 4.30. The number of esters is 1. The van der Waals surface area contributed by atoms with Gasteiger partial charge in [-0.2, -0.15) is 0 Å². The van der Waals surface area contributed by atoms with E-state index < -0.39 is 11.9 Å². The molecular formula is C14H15NO3. The van der Waals surface area contributed by atoms with Crippen molar-refractivity contribution in [2.45, 2.75) is 13.8 Å². The van der Waals surface area contributed by atoms with E-state index in [-0.39, 0.29) is 13.2 Å². The number of nitrogens with one attached hydrogen (secondary N) is 1. The van der Waals surface area contributed by atoms with Crippen molar-refractivity contribution >= 4 is 11.9 Å². The Morgan fingerprint density at radius 3 is 2.44 bits per heavy atom. The van der Waals surface area contributed by atoms with E-state index in [4.69, 9.17) is 11.2 Å². The number of hydrogen-bond acceptors (Lipinski definition) is 3. The number of rotatable bonds is 4. The zero-order valence-corrected chi connectivity index (χ0v) is 10.4. The van der Waals surface area contributed by atoms with Crippen molar-refractivity contribution in [3.05, 3.63) is 34.9 Å². The summed E-state index contributed by atoms with van der Waals surface area (Å²) in [4.78, 5) is 22.9. The Kier molecular flexibility index (Phi) is 4.94. The van der Waals surface area contributed by atoms with E-state index in [9.17, 15) is 9.59 Å². The number of aryl methyl sites for hydroxylation is 2. The van der Waals surface area contributed by atoms with Crippen LogP contribution in [0, 0.1) is 26.2 Å². The summed E-state index contributed by atoms with van der Waals surface area (Å²) in [6.07, 6.45) is 4.98. The van der Waals surface area contributed by atoms with E-state index in [1.165, 1.54) is 0 Å². The molecule has 1 aromatic carbocycles. The van der Waals surface area contributed by atoms with Gasteiger partial charge in [0.15, 0.2) is 6.61 Å². The molecule has 0 heterocycles. The second-order valence-electron chi connectivity index (χ2n) is 3.93. The first-order valence-electron chi connectivity index (χ1n) is 5.48. The number of carbonyl (C=O) groups is 2. The molecule has 0 atom stereocenters. The van der Waals surface area contributed by atoms with Crippen molar-refractivity contribution < 1.29 is 14.3 Å². The summed E-state index contributed by atoms with van der Waals surface area (Å²) in [5.74, 6) is 1.33. The second kappa shape index (κ2) is 6.45. The Bertz CT molecular complexity index is 480. The van der Waals surface area contributed by atoms with Crippen LogP contribution in [-0.2, 0) is 9.53 Å². The van der Waals surface area contributed by atoms with Crippen LogP contribution in [0.15, 0.2) is 18.2 Å². The molecule has 1 N–H and O–H groups in total. The Balaban J connectivity index is 2.55. The fourth-order valence-corrected chi connectivity index (χ4v) is 1.51.